The zero-order valence-corrected chi connectivity index (χ0v) is 24.5. The third-order valence-electron chi connectivity index (χ3n) is 6.68. The SMILES string of the molecule is CC.CC1=CCC=CC=C1N(N)Cc1nc(-c2ccc3ncc(OCCCCN)cc3c2)c(-c2cccc(C)n2)[nH]1. The van der Waals surface area contributed by atoms with Gasteiger partial charge in [-0.1, -0.05) is 44.2 Å². The molecule has 5 rings (SSSR count). The van der Waals surface area contributed by atoms with Crippen LogP contribution < -0.4 is 16.3 Å². The summed E-state index contributed by atoms with van der Waals surface area (Å²) in [5, 5.41) is 2.71. The van der Waals surface area contributed by atoms with Crippen LogP contribution in [0.3, 0.4) is 0 Å². The molecule has 3 heterocycles. The minimum absolute atomic E-state index is 0.416. The summed E-state index contributed by atoms with van der Waals surface area (Å²) in [5.74, 6) is 8.03. The maximum Gasteiger partial charge on any atom is 0.138 e. The topological polar surface area (TPSA) is 119 Å². The lowest BCUT2D eigenvalue weighted by Crippen LogP contribution is -2.30. The third-order valence-corrected chi connectivity index (χ3v) is 6.68. The van der Waals surface area contributed by atoms with Crippen molar-refractivity contribution < 1.29 is 4.74 Å². The van der Waals surface area contributed by atoms with Crippen LogP contribution >= 0.6 is 0 Å². The highest BCUT2D eigenvalue weighted by atomic mass is 16.5. The first-order chi connectivity index (χ1) is 20.0. The third kappa shape index (κ3) is 7.48. The number of benzene rings is 1. The lowest BCUT2D eigenvalue weighted by Gasteiger charge is -2.21. The Morgan fingerprint density at radius 1 is 1.05 bits per heavy atom. The summed E-state index contributed by atoms with van der Waals surface area (Å²) in [4.78, 5) is 17.9. The van der Waals surface area contributed by atoms with Crippen molar-refractivity contribution in [1.82, 2.24) is 24.9 Å². The molecule has 214 valence electrons. The molecule has 1 aromatic carbocycles. The van der Waals surface area contributed by atoms with Crippen molar-refractivity contribution in [1.29, 1.82) is 0 Å². The van der Waals surface area contributed by atoms with Crippen molar-refractivity contribution in [3.8, 4) is 28.4 Å². The molecule has 0 bridgehead atoms. The van der Waals surface area contributed by atoms with Crippen LogP contribution in [0, 0.1) is 6.92 Å². The van der Waals surface area contributed by atoms with E-state index in [0.717, 1.165) is 81.3 Å². The van der Waals surface area contributed by atoms with Gasteiger partial charge in [-0.05, 0) is 81.6 Å². The number of pyridine rings is 2. The van der Waals surface area contributed by atoms with Gasteiger partial charge >= 0.3 is 0 Å². The summed E-state index contributed by atoms with van der Waals surface area (Å²) in [6, 6.07) is 14.2. The van der Waals surface area contributed by atoms with E-state index < -0.39 is 0 Å². The minimum Gasteiger partial charge on any atom is -0.492 e. The van der Waals surface area contributed by atoms with Crippen LogP contribution in [0.25, 0.3) is 33.5 Å². The Hall–Kier alpha value is -4.27. The molecular formula is C33H41N7O. The van der Waals surface area contributed by atoms with E-state index in [0.29, 0.717) is 19.7 Å². The fourth-order valence-corrected chi connectivity index (χ4v) is 4.64. The van der Waals surface area contributed by atoms with E-state index in [2.05, 4.69) is 35.1 Å². The molecule has 1 aliphatic rings. The predicted octanol–water partition coefficient (Wildman–Crippen LogP) is 6.61. The molecule has 8 heteroatoms. The van der Waals surface area contributed by atoms with Crippen molar-refractivity contribution in [2.24, 2.45) is 11.6 Å². The van der Waals surface area contributed by atoms with Crippen molar-refractivity contribution in [3.63, 3.8) is 0 Å². The molecule has 0 saturated carbocycles. The average Bonchev–Trinajstić information content (AvgIpc) is 3.28. The summed E-state index contributed by atoms with van der Waals surface area (Å²) >= 11 is 0. The first-order valence-electron chi connectivity index (χ1n) is 14.3. The largest absolute Gasteiger partial charge is 0.492 e. The molecule has 0 aliphatic heterocycles. The first kappa shape index (κ1) is 29.7. The summed E-state index contributed by atoms with van der Waals surface area (Å²) in [7, 11) is 0. The number of hydrogen-bond donors (Lipinski definition) is 3. The van der Waals surface area contributed by atoms with Crippen LogP contribution in [0.1, 0.15) is 51.6 Å². The van der Waals surface area contributed by atoms with E-state index in [9.17, 15) is 0 Å². The van der Waals surface area contributed by atoms with Crippen LogP contribution in [0.2, 0.25) is 0 Å². The molecule has 0 atom stereocenters. The van der Waals surface area contributed by atoms with Gasteiger partial charge in [0.25, 0.3) is 0 Å². The molecule has 0 fully saturated rings. The Balaban J connectivity index is 0.00000189. The molecule has 1 aliphatic carbocycles. The van der Waals surface area contributed by atoms with Gasteiger partial charge in [-0.2, -0.15) is 0 Å². The van der Waals surface area contributed by atoms with E-state index >= 15 is 0 Å². The van der Waals surface area contributed by atoms with Crippen molar-refractivity contribution in [2.45, 2.75) is 53.5 Å². The molecule has 4 aromatic rings. The quantitative estimate of drug-likeness (QED) is 0.115. The van der Waals surface area contributed by atoms with Crippen LogP contribution in [0.5, 0.6) is 5.75 Å². The van der Waals surface area contributed by atoms with Crippen molar-refractivity contribution in [2.75, 3.05) is 13.2 Å². The van der Waals surface area contributed by atoms with Crippen LogP contribution in [-0.2, 0) is 6.54 Å². The fourth-order valence-electron chi connectivity index (χ4n) is 4.64. The lowest BCUT2D eigenvalue weighted by atomic mass is 10.1. The van der Waals surface area contributed by atoms with Gasteiger partial charge in [0.15, 0.2) is 0 Å². The first-order valence-corrected chi connectivity index (χ1v) is 14.3. The Labute approximate surface area is 242 Å². The second kappa shape index (κ2) is 14.4. The number of aromatic nitrogens is 4. The molecule has 0 spiro atoms. The number of ether oxygens (including phenoxy) is 1. The summed E-state index contributed by atoms with van der Waals surface area (Å²) in [6.45, 7) is 9.76. The Kier molecular flexibility index (Phi) is 10.4. The zero-order valence-electron chi connectivity index (χ0n) is 24.5. The zero-order chi connectivity index (χ0) is 29.2. The molecule has 3 aromatic heterocycles. The number of rotatable bonds is 10. The number of hydrazine groups is 1. The molecule has 0 amide bonds. The maximum absolute atomic E-state index is 6.54. The van der Waals surface area contributed by atoms with Crippen molar-refractivity contribution in [3.05, 3.63) is 95.8 Å². The fraction of sp³-hybridized carbons (Fsp3) is 0.303. The summed E-state index contributed by atoms with van der Waals surface area (Å²) < 4.78 is 5.91. The van der Waals surface area contributed by atoms with Gasteiger partial charge < -0.3 is 20.5 Å². The number of imidazole rings is 1. The van der Waals surface area contributed by atoms with Gasteiger partial charge in [0.05, 0.1) is 47.6 Å². The number of nitrogens with two attached hydrogens (primary N) is 2. The van der Waals surface area contributed by atoms with Gasteiger partial charge in [0.1, 0.15) is 11.6 Å². The van der Waals surface area contributed by atoms with E-state index in [-0.39, 0.29) is 0 Å². The van der Waals surface area contributed by atoms with Crippen LogP contribution in [0.15, 0.2) is 84.2 Å². The Bertz CT molecular complexity index is 1550. The van der Waals surface area contributed by atoms with Gasteiger partial charge in [0, 0.05) is 16.6 Å². The number of unbranched alkanes of at least 4 members (excludes halogenated alkanes) is 1. The minimum atomic E-state index is 0.416. The second-order valence-electron chi connectivity index (χ2n) is 9.72. The standard InChI is InChI=1S/C31H35N7O.C2H6/c1-21-9-4-3-5-12-28(21)38(33)20-29-36-30(31(37-29)27-11-8-10-22(2)35-27)23-13-14-26-24(17-23)18-25(19-34-26)39-16-7-6-15-32;1-2/h3,5,8-14,17-19H,4,6-7,15-16,20,32-33H2,1-2H3,(H,36,37);1-2H3. The molecule has 0 unspecified atom stereocenters. The number of allylic oxidation sites excluding steroid dienone is 5. The highest BCUT2D eigenvalue weighted by molar-refractivity contribution is 5.87. The Morgan fingerprint density at radius 3 is 2.71 bits per heavy atom. The van der Waals surface area contributed by atoms with Gasteiger partial charge in [-0.15, -0.1) is 0 Å². The van der Waals surface area contributed by atoms with E-state index in [4.69, 9.17) is 26.3 Å². The highest BCUT2D eigenvalue weighted by Crippen LogP contribution is 2.32. The number of hydrogen-bond acceptors (Lipinski definition) is 7. The molecule has 0 saturated heterocycles. The molecule has 0 radical (unpaired) electrons. The summed E-state index contributed by atoms with van der Waals surface area (Å²) in [6.07, 6.45) is 12.9. The van der Waals surface area contributed by atoms with Crippen LogP contribution in [-0.4, -0.2) is 38.1 Å². The van der Waals surface area contributed by atoms with Gasteiger partial charge in [-0.3, -0.25) is 9.97 Å². The molecule has 8 nitrogen and oxygen atoms in total. The molecule has 41 heavy (non-hydrogen) atoms. The number of H-pyrrole nitrogens is 1. The van der Waals surface area contributed by atoms with Gasteiger partial charge in [0.2, 0.25) is 0 Å². The lowest BCUT2D eigenvalue weighted by molar-refractivity contribution is 0.307. The normalized spacial score (nSPS) is 12.7. The van der Waals surface area contributed by atoms with Crippen molar-refractivity contribution >= 4 is 10.9 Å². The monoisotopic (exact) mass is 551 g/mol. The number of aryl methyl sites for hydroxylation is 1. The number of nitrogens with zero attached hydrogens (tertiary/aromatic N) is 4. The number of aromatic amines is 1. The molecule has 5 N–H and O–H groups in total. The average molecular weight is 552 g/mol. The smallest absolute Gasteiger partial charge is 0.138 e. The van der Waals surface area contributed by atoms with Gasteiger partial charge in [-0.25, -0.2) is 10.8 Å². The molecular weight excluding hydrogens is 510 g/mol. The van der Waals surface area contributed by atoms with E-state index in [1.165, 1.54) is 0 Å². The maximum atomic E-state index is 6.54. The predicted molar refractivity (Wildman–Crippen MR) is 168 cm³/mol. The Morgan fingerprint density at radius 2 is 1.90 bits per heavy atom. The number of nitrogens with one attached hydrogen (secondary N) is 1. The summed E-state index contributed by atoms with van der Waals surface area (Å²) in [5.41, 5.74) is 13.0. The highest BCUT2D eigenvalue weighted by Gasteiger charge is 2.18. The van der Waals surface area contributed by atoms with E-state index in [1.54, 1.807) is 11.2 Å². The van der Waals surface area contributed by atoms with E-state index in [1.807, 2.05) is 69.3 Å². The number of fused-ring (bicyclic) bond motifs is 1. The van der Waals surface area contributed by atoms with Crippen LogP contribution in [0.4, 0.5) is 0 Å². The second-order valence-corrected chi connectivity index (χ2v) is 9.72.